The molecule has 3 aromatic rings. The van der Waals surface area contributed by atoms with Crippen LogP contribution in [0.25, 0.3) is 0 Å². The third kappa shape index (κ3) is 4.89. The number of carbonyl (C=O) groups excluding carboxylic acids is 1. The Morgan fingerprint density at radius 3 is 2.11 bits per heavy atom. The number of pyridine rings is 1. The first-order valence-corrected chi connectivity index (χ1v) is 9.67. The van der Waals surface area contributed by atoms with Crippen LogP contribution >= 0.6 is 15.9 Å². The molecule has 0 N–H and O–H groups in total. The zero-order valence-corrected chi connectivity index (χ0v) is 16.5. The molecule has 1 heterocycles. The Labute approximate surface area is 167 Å². The van der Waals surface area contributed by atoms with Crippen LogP contribution in [0.15, 0.2) is 77.9 Å². The molecular weight excluding hydrogens is 404 g/mol. The van der Waals surface area contributed by atoms with E-state index in [0.717, 1.165) is 28.0 Å². The predicted molar refractivity (Wildman–Crippen MR) is 111 cm³/mol. The molecule has 4 nitrogen and oxygen atoms in total. The van der Waals surface area contributed by atoms with Gasteiger partial charge in [0.25, 0.3) is 0 Å². The second kappa shape index (κ2) is 9.24. The molecule has 0 bridgehead atoms. The Morgan fingerprint density at radius 2 is 1.59 bits per heavy atom. The summed E-state index contributed by atoms with van der Waals surface area (Å²) in [5, 5.41) is 0.563. The first-order chi connectivity index (χ1) is 13.2. The number of rotatable bonds is 6. The minimum absolute atomic E-state index is 0.202. The van der Waals surface area contributed by atoms with E-state index in [0.29, 0.717) is 11.1 Å². The number of aromatic nitrogens is 1. The average Bonchev–Trinajstić information content (AvgIpc) is 2.71. The van der Waals surface area contributed by atoms with Gasteiger partial charge in [-0.1, -0.05) is 76.6 Å². The van der Waals surface area contributed by atoms with Crippen LogP contribution in [0, 0.1) is 0 Å². The van der Waals surface area contributed by atoms with Crippen LogP contribution in [0.4, 0.5) is 5.82 Å². The Hall–Kier alpha value is -2.79. The maximum absolute atomic E-state index is 11.2. The first-order valence-electron chi connectivity index (χ1n) is 8.54. The van der Waals surface area contributed by atoms with Crippen molar-refractivity contribution in [2.45, 2.75) is 18.9 Å². The van der Waals surface area contributed by atoms with Gasteiger partial charge in [-0.15, -0.1) is 0 Å². The van der Waals surface area contributed by atoms with Crippen LogP contribution < -0.4 is 0 Å². The molecule has 0 aliphatic heterocycles. The molecule has 0 saturated carbocycles. The van der Waals surface area contributed by atoms with Crippen molar-refractivity contribution in [3.8, 4) is 0 Å². The largest absolute Gasteiger partial charge is 0.461 e. The van der Waals surface area contributed by atoms with Crippen LogP contribution in [0.5, 0.6) is 0 Å². The number of ether oxygens (including phenoxy) is 1. The Balaban J connectivity index is 2.10. The predicted octanol–water partition coefficient (Wildman–Crippen LogP) is 5.21. The molecule has 0 fully saturated rings. The molecule has 3 rings (SSSR count). The summed E-state index contributed by atoms with van der Waals surface area (Å²) in [6.45, 7) is 1.60. The lowest BCUT2D eigenvalue weighted by molar-refractivity contribution is -0.142. The minimum atomic E-state index is -0.313. The summed E-state index contributed by atoms with van der Waals surface area (Å²) >= 11 is 3.52. The number of carbonyl (C=O) groups is 1. The fourth-order valence-electron chi connectivity index (χ4n) is 2.67. The fraction of sp³-hybridized carbons (Fsp3) is 0.136. The molecule has 0 unspecified atom stereocenters. The molecule has 0 saturated heterocycles. The summed E-state index contributed by atoms with van der Waals surface area (Å²) in [6.07, 6.45) is 1.69. The van der Waals surface area contributed by atoms with Crippen LogP contribution in [-0.4, -0.2) is 16.7 Å². The number of hydrogen-bond acceptors (Lipinski definition) is 4. The van der Waals surface area contributed by atoms with Gasteiger partial charge in [0.2, 0.25) is 0 Å². The smallest absolute Gasteiger partial charge is 0.302 e. The molecule has 5 heteroatoms. The maximum Gasteiger partial charge on any atom is 0.302 e. The first kappa shape index (κ1) is 19.0. The molecule has 1 aromatic heterocycles. The van der Waals surface area contributed by atoms with Gasteiger partial charge in [0.15, 0.2) is 5.82 Å². The highest BCUT2D eigenvalue weighted by molar-refractivity contribution is 9.08. The van der Waals surface area contributed by atoms with E-state index in [4.69, 9.17) is 9.73 Å². The van der Waals surface area contributed by atoms with Gasteiger partial charge in [0.1, 0.15) is 6.61 Å². The van der Waals surface area contributed by atoms with E-state index in [1.54, 1.807) is 6.20 Å². The van der Waals surface area contributed by atoms with Gasteiger partial charge in [-0.2, -0.15) is 0 Å². The Morgan fingerprint density at radius 1 is 1.00 bits per heavy atom. The summed E-state index contributed by atoms with van der Waals surface area (Å²) in [5.74, 6) is 0.297. The van der Waals surface area contributed by atoms with Crippen LogP contribution in [0.3, 0.4) is 0 Å². The van der Waals surface area contributed by atoms with Crippen molar-refractivity contribution >= 4 is 33.4 Å². The van der Waals surface area contributed by atoms with Gasteiger partial charge in [-0.25, -0.2) is 9.98 Å². The summed E-state index contributed by atoms with van der Waals surface area (Å²) in [5.41, 5.74) is 4.66. The lowest BCUT2D eigenvalue weighted by atomic mass is 10.0. The van der Waals surface area contributed by atoms with Crippen molar-refractivity contribution in [3.05, 3.63) is 95.2 Å². The SMILES string of the molecule is CC(=O)OCc1ccnc(N=C(c2ccccc2)c2ccccc2)c1CBr. The summed E-state index contributed by atoms with van der Waals surface area (Å²) in [6, 6.07) is 21.9. The molecule has 0 aliphatic rings. The topological polar surface area (TPSA) is 51.5 Å². The van der Waals surface area contributed by atoms with Gasteiger partial charge >= 0.3 is 5.97 Å². The molecule has 0 atom stereocenters. The Kier molecular flexibility index (Phi) is 6.49. The second-order valence-corrected chi connectivity index (χ2v) is 6.44. The van der Waals surface area contributed by atoms with Gasteiger partial charge in [-0.3, -0.25) is 4.79 Å². The molecular formula is C22H19BrN2O2. The van der Waals surface area contributed by atoms with Crippen LogP contribution in [0.1, 0.15) is 29.2 Å². The molecule has 27 heavy (non-hydrogen) atoms. The van der Waals surface area contributed by atoms with E-state index in [-0.39, 0.29) is 12.6 Å². The number of benzene rings is 2. The van der Waals surface area contributed by atoms with Crippen molar-refractivity contribution < 1.29 is 9.53 Å². The number of esters is 1. The maximum atomic E-state index is 11.2. The highest BCUT2D eigenvalue weighted by atomic mass is 79.9. The summed E-state index contributed by atoms with van der Waals surface area (Å²) in [7, 11) is 0. The molecule has 0 spiro atoms. The quantitative estimate of drug-likeness (QED) is 0.311. The lowest BCUT2D eigenvalue weighted by Gasteiger charge is -2.12. The lowest BCUT2D eigenvalue weighted by Crippen LogP contribution is -2.05. The number of halogens is 1. The minimum Gasteiger partial charge on any atom is -0.461 e. The van der Waals surface area contributed by atoms with E-state index in [9.17, 15) is 4.79 Å². The summed E-state index contributed by atoms with van der Waals surface area (Å²) < 4.78 is 5.16. The molecule has 0 aliphatic carbocycles. The van der Waals surface area contributed by atoms with Crippen molar-refractivity contribution in [2.24, 2.45) is 4.99 Å². The molecule has 136 valence electrons. The van der Waals surface area contributed by atoms with E-state index in [1.165, 1.54) is 6.92 Å². The highest BCUT2D eigenvalue weighted by Gasteiger charge is 2.13. The Bertz CT molecular complexity index is 900. The van der Waals surface area contributed by atoms with E-state index in [1.807, 2.05) is 66.7 Å². The zero-order chi connectivity index (χ0) is 19.1. The highest BCUT2D eigenvalue weighted by Crippen LogP contribution is 2.26. The van der Waals surface area contributed by atoms with E-state index < -0.39 is 0 Å². The van der Waals surface area contributed by atoms with Gasteiger partial charge < -0.3 is 4.74 Å². The van der Waals surface area contributed by atoms with Crippen molar-refractivity contribution in [1.29, 1.82) is 0 Å². The van der Waals surface area contributed by atoms with Gasteiger partial charge in [-0.05, 0) is 11.6 Å². The van der Waals surface area contributed by atoms with Crippen molar-refractivity contribution in [3.63, 3.8) is 0 Å². The van der Waals surface area contributed by atoms with E-state index >= 15 is 0 Å². The van der Waals surface area contributed by atoms with Crippen LogP contribution in [0.2, 0.25) is 0 Å². The van der Waals surface area contributed by atoms with Gasteiger partial charge in [0.05, 0.1) is 5.71 Å². The average molecular weight is 423 g/mol. The van der Waals surface area contributed by atoms with Gasteiger partial charge in [0, 0.05) is 35.1 Å². The summed E-state index contributed by atoms with van der Waals surface area (Å²) in [4.78, 5) is 20.5. The zero-order valence-electron chi connectivity index (χ0n) is 14.9. The molecule has 0 radical (unpaired) electrons. The fourth-order valence-corrected chi connectivity index (χ4v) is 3.28. The van der Waals surface area contributed by atoms with Crippen molar-refractivity contribution in [1.82, 2.24) is 4.98 Å². The standard InChI is InChI=1S/C22H19BrN2O2/c1-16(26)27-15-19-12-13-24-22(20(19)14-23)25-21(17-8-4-2-5-9-17)18-10-6-3-7-11-18/h2-13H,14-15H2,1H3. The third-order valence-electron chi connectivity index (χ3n) is 4.01. The number of alkyl halides is 1. The molecule has 0 amide bonds. The number of aliphatic imine (C=N–C) groups is 1. The van der Waals surface area contributed by atoms with Crippen LogP contribution in [-0.2, 0) is 21.5 Å². The number of nitrogens with zero attached hydrogens (tertiary/aromatic N) is 2. The number of hydrogen-bond donors (Lipinski definition) is 0. The molecule has 2 aromatic carbocycles. The monoisotopic (exact) mass is 422 g/mol. The van der Waals surface area contributed by atoms with Crippen molar-refractivity contribution in [2.75, 3.05) is 0 Å². The second-order valence-electron chi connectivity index (χ2n) is 5.88. The third-order valence-corrected chi connectivity index (χ3v) is 4.57. The normalized spacial score (nSPS) is 10.3. The van der Waals surface area contributed by atoms with E-state index in [2.05, 4.69) is 20.9 Å².